The lowest BCUT2D eigenvalue weighted by Crippen LogP contribution is -2.35. The zero-order chi connectivity index (χ0) is 11.4. The zero-order valence-corrected chi connectivity index (χ0v) is 9.93. The van der Waals surface area contributed by atoms with Crippen molar-refractivity contribution in [3.8, 4) is 0 Å². The molecule has 5 heteroatoms. The number of carbonyl (C=O) groups is 1. The van der Waals surface area contributed by atoms with Gasteiger partial charge in [-0.1, -0.05) is 6.92 Å². The largest absolute Gasteiger partial charge is 0.465 e. The van der Waals surface area contributed by atoms with Gasteiger partial charge in [0.1, 0.15) is 0 Å². The number of ether oxygens (including phenoxy) is 1. The van der Waals surface area contributed by atoms with Crippen molar-refractivity contribution in [2.24, 2.45) is 0 Å². The summed E-state index contributed by atoms with van der Waals surface area (Å²) in [6, 6.07) is 0. The van der Waals surface area contributed by atoms with Crippen molar-refractivity contribution in [2.75, 3.05) is 6.61 Å². The number of rotatable bonds is 5. The van der Waals surface area contributed by atoms with E-state index in [2.05, 4.69) is 4.74 Å². The molecule has 14 heavy (non-hydrogen) atoms. The Hall–Kier alpha value is -0.580. The molecule has 0 spiro atoms. The second-order valence-electron chi connectivity index (χ2n) is 3.20. The Kier molecular flexibility index (Phi) is 5.12. The van der Waals surface area contributed by atoms with Gasteiger partial charge in [-0.05, 0) is 27.2 Å². The second-order valence-corrected chi connectivity index (χ2v) is 5.89. The molecule has 2 unspecified atom stereocenters. The molecule has 0 amide bonds. The Morgan fingerprint density at radius 2 is 1.79 bits per heavy atom. The van der Waals surface area contributed by atoms with E-state index in [0.717, 1.165) is 0 Å². The van der Waals surface area contributed by atoms with E-state index in [0.29, 0.717) is 6.42 Å². The van der Waals surface area contributed by atoms with Gasteiger partial charge in [-0.25, -0.2) is 8.42 Å². The summed E-state index contributed by atoms with van der Waals surface area (Å²) in [7, 11) is -3.39. The van der Waals surface area contributed by atoms with Crippen LogP contribution in [0.5, 0.6) is 0 Å². The van der Waals surface area contributed by atoms with Crippen molar-refractivity contribution in [3.63, 3.8) is 0 Å². The minimum absolute atomic E-state index is 0.208. The minimum atomic E-state index is -3.39. The van der Waals surface area contributed by atoms with Gasteiger partial charge in [0.2, 0.25) is 0 Å². The molecule has 0 aromatic carbocycles. The van der Waals surface area contributed by atoms with Crippen LogP contribution in [0, 0.1) is 0 Å². The van der Waals surface area contributed by atoms with Gasteiger partial charge in [0, 0.05) is 0 Å². The Balaban J connectivity index is 4.67. The second kappa shape index (κ2) is 5.34. The van der Waals surface area contributed by atoms with Gasteiger partial charge < -0.3 is 4.74 Å². The van der Waals surface area contributed by atoms with E-state index >= 15 is 0 Å². The molecule has 0 aliphatic rings. The summed E-state index contributed by atoms with van der Waals surface area (Å²) in [6.45, 7) is 6.62. The van der Waals surface area contributed by atoms with Crippen molar-refractivity contribution >= 4 is 15.8 Å². The number of hydrogen-bond acceptors (Lipinski definition) is 4. The molecule has 0 N–H and O–H groups in total. The first-order valence-electron chi connectivity index (χ1n) is 4.77. The van der Waals surface area contributed by atoms with Crippen LogP contribution < -0.4 is 0 Å². The molecular formula is C9H18O4S. The highest BCUT2D eigenvalue weighted by Crippen LogP contribution is 2.13. The molecule has 0 aromatic heterocycles. The molecule has 0 rings (SSSR count). The van der Waals surface area contributed by atoms with E-state index < -0.39 is 26.3 Å². The molecule has 0 saturated carbocycles. The lowest BCUT2D eigenvalue weighted by molar-refractivity contribution is -0.142. The van der Waals surface area contributed by atoms with Crippen molar-refractivity contribution < 1.29 is 17.9 Å². The van der Waals surface area contributed by atoms with Crippen molar-refractivity contribution in [1.82, 2.24) is 0 Å². The lowest BCUT2D eigenvalue weighted by atomic mass is 10.4. The highest BCUT2D eigenvalue weighted by molar-refractivity contribution is 7.93. The van der Waals surface area contributed by atoms with Crippen molar-refractivity contribution in [3.05, 3.63) is 0 Å². The molecule has 0 fully saturated rings. The third-order valence-corrected chi connectivity index (χ3v) is 4.88. The van der Waals surface area contributed by atoms with Crippen LogP contribution in [0.4, 0.5) is 0 Å². The molecule has 0 aromatic rings. The van der Waals surface area contributed by atoms with Crippen LogP contribution in [-0.2, 0) is 19.4 Å². The van der Waals surface area contributed by atoms with Gasteiger partial charge in [-0.3, -0.25) is 4.79 Å². The third kappa shape index (κ3) is 2.97. The Bertz CT molecular complexity index is 281. The summed E-state index contributed by atoms with van der Waals surface area (Å²) >= 11 is 0. The van der Waals surface area contributed by atoms with Crippen LogP contribution >= 0.6 is 0 Å². The number of carbonyl (C=O) groups excluding carboxylic acids is 1. The predicted octanol–water partition coefficient (Wildman–Crippen LogP) is 1.15. The summed E-state index contributed by atoms with van der Waals surface area (Å²) < 4.78 is 28.0. The normalized spacial score (nSPS) is 16.0. The molecule has 4 nitrogen and oxygen atoms in total. The van der Waals surface area contributed by atoms with Crippen molar-refractivity contribution in [1.29, 1.82) is 0 Å². The third-order valence-electron chi connectivity index (χ3n) is 2.25. The highest BCUT2D eigenvalue weighted by Gasteiger charge is 2.32. The van der Waals surface area contributed by atoms with Crippen LogP contribution in [0.1, 0.15) is 34.1 Å². The van der Waals surface area contributed by atoms with E-state index in [4.69, 9.17) is 0 Å². The molecule has 0 saturated heterocycles. The SMILES string of the molecule is CCOC(=O)C(C)S(=O)(=O)C(C)CC. The highest BCUT2D eigenvalue weighted by atomic mass is 32.2. The first-order chi connectivity index (χ1) is 6.37. The monoisotopic (exact) mass is 222 g/mol. The standard InChI is InChI=1S/C9H18O4S/c1-5-7(3)14(11,12)8(4)9(10)13-6-2/h7-8H,5-6H2,1-4H3. The number of sulfone groups is 1. The van der Waals surface area contributed by atoms with Crippen LogP contribution in [-0.4, -0.2) is 31.5 Å². The van der Waals surface area contributed by atoms with E-state index in [1.54, 1.807) is 20.8 Å². The maximum atomic E-state index is 11.7. The van der Waals surface area contributed by atoms with Crippen LogP contribution in [0.2, 0.25) is 0 Å². The molecule has 0 radical (unpaired) electrons. The van der Waals surface area contributed by atoms with Gasteiger partial charge >= 0.3 is 5.97 Å². The number of esters is 1. The fourth-order valence-corrected chi connectivity index (χ4v) is 2.47. The smallest absolute Gasteiger partial charge is 0.324 e. The molecule has 2 atom stereocenters. The van der Waals surface area contributed by atoms with Crippen LogP contribution in [0.15, 0.2) is 0 Å². The van der Waals surface area contributed by atoms with E-state index in [1.807, 2.05) is 0 Å². The van der Waals surface area contributed by atoms with E-state index in [9.17, 15) is 13.2 Å². The van der Waals surface area contributed by atoms with Gasteiger partial charge in [-0.15, -0.1) is 0 Å². The first kappa shape index (κ1) is 13.4. The molecule has 84 valence electrons. The van der Waals surface area contributed by atoms with Crippen LogP contribution in [0.25, 0.3) is 0 Å². The fourth-order valence-electron chi connectivity index (χ4n) is 0.975. The summed E-state index contributed by atoms with van der Waals surface area (Å²) in [5.41, 5.74) is 0. The molecule has 0 bridgehead atoms. The quantitative estimate of drug-likeness (QED) is 0.655. The van der Waals surface area contributed by atoms with Crippen LogP contribution in [0.3, 0.4) is 0 Å². The average Bonchev–Trinajstić information content (AvgIpc) is 2.15. The minimum Gasteiger partial charge on any atom is -0.465 e. The molecule has 0 heterocycles. The summed E-state index contributed by atoms with van der Waals surface area (Å²) in [5.74, 6) is -0.659. The van der Waals surface area contributed by atoms with Gasteiger partial charge in [0.05, 0.1) is 11.9 Å². The van der Waals surface area contributed by atoms with Gasteiger partial charge in [0.15, 0.2) is 15.1 Å². The molecule has 0 aliphatic carbocycles. The van der Waals surface area contributed by atoms with E-state index in [1.165, 1.54) is 6.92 Å². The average molecular weight is 222 g/mol. The summed E-state index contributed by atoms with van der Waals surface area (Å²) in [5, 5.41) is -1.56. The maximum Gasteiger partial charge on any atom is 0.324 e. The maximum absolute atomic E-state index is 11.7. The fraction of sp³-hybridized carbons (Fsp3) is 0.889. The topological polar surface area (TPSA) is 60.4 Å². The lowest BCUT2D eigenvalue weighted by Gasteiger charge is -2.15. The number of hydrogen-bond donors (Lipinski definition) is 0. The molecular weight excluding hydrogens is 204 g/mol. The Morgan fingerprint density at radius 3 is 2.14 bits per heavy atom. The zero-order valence-electron chi connectivity index (χ0n) is 9.11. The van der Waals surface area contributed by atoms with Crippen molar-refractivity contribution in [2.45, 2.75) is 44.6 Å². The van der Waals surface area contributed by atoms with E-state index in [-0.39, 0.29) is 6.61 Å². The Labute approximate surface area is 85.6 Å². The Morgan fingerprint density at radius 1 is 1.29 bits per heavy atom. The predicted molar refractivity (Wildman–Crippen MR) is 54.8 cm³/mol. The first-order valence-corrected chi connectivity index (χ1v) is 6.38. The van der Waals surface area contributed by atoms with Gasteiger partial charge in [0.25, 0.3) is 0 Å². The molecule has 0 aliphatic heterocycles. The summed E-state index contributed by atoms with van der Waals surface area (Å²) in [6.07, 6.45) is 0.506. The van der Waals surface area contributed by atoms with Gasteiger partial charge in [-0.2, -0.15) is 0 Å². The summed E-state index contributed by atoms with van der Waals surface area (Å²) in [4.78, 5) is 11.2.